The topological polar surface area (TPSA) is 0 Å². The van der Waals surface area contributed by atoms with Crippen molar-refractivity contribution in [2.45, 2.75) is 45.4 Å². The van der Waals surface area contributed by atoms with E-state index in [-0.39, 0.29) is 0 Å². The Morgan fingerprint density at radius 1 is 0.842 bits per heavy atom. The summed E-state index contributed by atoms with van der Waals surface area (Å²) < 4.78 is 0. The first kappa shape index (κ1) is 12.5. The molecule has 0 nitrogen and oxygen atoms in total. The van der Waals surface area contributed by atoms with Crippen molar-refractivity contribution in [3.63, 3.8) is 0 Å². The molecule has 0 aliphatic heterocycles. The van der Waals surface area contributed by atoms with E-state index in [1.54, 1.807) is 0 Å². The van der Waals surface area contributed by atoms with E-state index in [4.69, 9.17) is 0 Å². The fraction of sp³-hybridized carbons (Fsp3) is 0.368. The predicted octanol–water partition coefficient (Wildman–Crippen LogP) is 5.38. The third-order valence-electron chi connectivity index (χ3n) is 4.18. The van der Waals surface area contributed by atoms with Gasteiger partial charge in [-0.2, -0.15) is 0 Å². The van der Waals surface area contributed by atoms with Crippen molar-refractivity contribution in [1.82, 2.24) is 0 Å². The average molecular weight is 250 g/mol. The van der Waals surface area contributed by atoms with Crippen molar-refractivity contribution in [1.29, 1.82) is 0 Å². The largest absolute Gasteiger partial charge is 0.0654 e. The normalized spacial score (nSPS) is 12.3. The van der Waals surface area contributed by atoms with E-state index in [9.17, 15) is 0 Å². The molecule has 3 rings (SSSR count). The van der Waals surface area contributed by atoms with Crippen LogP contribution in [0.4, 0.5) is 0 Å². The SMILES string of the molecule is CCCCCCc1ccc2c(c1)Cc1ccccc1-2. The zero-order valence-electron chi connectivity index (χ0n) is 11.8. The Hall–Kier alpha value is -1.56. The van der Waals surface area contributed by atoms with Gasteiger partial charge in [0.25, 0.3) is 0 Å². The zero-order valence-corrected chi connectivity index (χ0v) is 11.8. The lowest BCUT2D eigenvalue weighted by Gasteiger charge is -2.05. The molecule has 98 valence electrons. The van der Waals surface area contributed by atoms with Crippen LogP contribution >= 0.6 is 0 Å². The summed E-state index contributed by atoms with van der Waals surface area (Å²) in [6.45, 7) is 2.27. The van der Waals surface area contributed by atoms with Crippen molar-refractivity contribution in [2.24, 2.45) is 0 Å². The molecule has 2 aromatic carbocycles. The van der Waals surface area contributed by atoms with Crippen LogP contribution in [0.3, 0.4) is 0 Å². The van der Waals surface area contributed by atoms with E-state index in [1.807, 2.05) is 0 Å². The van der Waals surface area contributed by atoms with Crippen LogP contribution in [0.25, 0.3) is 11.1 Å². The summed E-state index contributed by atoms with van der Waals surface area (Å²) in [5.74, 6) is 0. The lowest BCUT2D eigenvalue weighted by atomic mass is 10.00. The molecule has 1 aliphatic rings. The van der Waals surface area contributed by atoms with Gasteiger partial charge in [-0.05, 0) is 47.1 Å². The second kappa shape index (κ2) is 5.61. The van der Waals surface area contributed by atoms with E-state index in [0.29, 0.717) is 0 Å². The fourth-order valence-electron chi connectivity index (χ4n) is 3.11. The maximum Gasteiger partial charge on any atom is -0.00134 e. The van der Waals surface area contributed by atoms with Crippen molar-refractivity contribution in [3.8, 4) is 11.1 Å². The van der Waals surface area contributed by atoms with Gasteiger partial charge in [0.15, 0.2) is 0 Å². The van der Waals surface area contributed by atoms with Gasteiger partial charge in [-0.15, -0.1) is 0 Å². The molecule has 0 aromatic heterocycles. The smallest absolute Gasteiger partial charge is 0.00134 e. The molecule has 2 aromatic rings. The Balaban J connectivity index is 1.74. The summed E-state index contributed by atoms with van der Waals surface area (Å²) >= 11 is 0. The van der Waals surface area contributed by atoms with E-state index < -0.39 is 0 Å². The van der Waals surface area contributed by atoms with Gasteiger partial charge in [-0.1, -0.05) is 68.7 Å². The molecular weight excluding hydrogens is 228 g/mol. The zero-order chi connectivity index (χ0) is 13.1. The highest BCUT2D eigenvalue weighted by Crippen LogP contribution is 2.36. The number of fused-ring (bicyclic) bond motifs is 3. The molecule has 1 aliphatic carbocycles. The Morgan fingerprint density at radius 3 is 2.58 bits per heavy atom. The first-order valence-electron chi connectivity index (χ1n) is 7.58. The number of aryl methyl sites for hydroxylation is 1. The lowest BCUT2D eigenvalue weighted by molar-refractivity contribution is 0.667. The number of benzene rings is 2. The molecule has 0 atom stereocenters. The number of hydrogen-bond donors (Lipinski definition) is 0. The molecule has 0 saturated heterocycles. The Kier molecular flexibility index (Phi) is 3.68. The maximum absolute atomic E-state index is 2.43. The summed E-state index contributed by atoms with van der Waals surface area (Å²) in [6.07, 6.45) is 7.75. The number of hydrogen-bond acceptors (Lipinski definition) is 0. The highest BCUT2D eigenvalue weighted by molar-refractivity contribution is 5.76. The molecule has 0 heterocycles. The second-order valence-corrected chi connectivity index (χ2v) is 5.64. The fourth-order valence-corrected chi connectivity index (χ4v) is 3.11. The van der Waals surface area contributed by atoms with Gasteiger partial charge in [-0.25, -0.2) is 0 Å². The van der Waals surface area contributed by atoms with Crippen LogP contribution < -0.4 is 0 Å². The van der Waals surface area contributed by atoms with Crippen LogP contribution in [0.2, 0.25) is 0 Å². The predicted molar refractivity (Wildman–Crippen MR) is 82.5 cm³/mol. The summed E-state index contributed by atoms with van der Waals surface area (Å²) in [5.41, 5.74) is 7.42. The number of unbranched alkanes of at least 4 members (excludes halogenated alkanes) is 3. The molecule has 0 spiro atoms. The van der Waals surface area contributed by atoms with Gasteiger partial charge < -0.3 is 0 Å². The summed E-state index contributed by atoms with van der Waals surface area (Å²) in [6, 6.07) is 15.9. The van der Waals surface area contributed by atoms with Crippen LogP contribution in [0, 0.1) is 0 Å². The van der Waals surface area contributed by atoms with Gasteiger partial charge in [0.1, 0.15) is 0 Å². The van der Waals surface area contributed by atoms with Crippen LogP contribution in [0.1, 0.15) is 49.3 Å². The molecular formula is C19H22. The minimum absolute atomic E-state index is 1.12. The summed E-state index contributed by atoms with van der Waals surface area (Å²) in [4.78, 5) is 0. The van der Waals surface area contributed by atoms with Crippen molar-refractivity contribution < 1.29 is 0 Å². The van der Waals surface area contributed by atoms with Crippen molar-refractivity contribution >= 4 is 0 Å². The molecule has 0 fully saturated rings. The van der Waals surface area contributed by atoms with Crippen LogP contribution in [-0.2, 0) is 12.8 Å². The van der Waals surface area contributed by atoms with Crippen molar-refractivity contribution in [2.75, 3.05) is 0 Å². The minimum Gasteiger partial charge on any atom is -0.0654 e. The molecule has 0 radical (unpaired) electrons. The molecule has 0 N–H and O–H groups in total. The van der Waals surface area contributed by atoms with Crippen LogP contribution in [-0.4, -0.2) is 0 Å². The number of rotatable bonds is 5. The van der Waals surface area contributed by atoms with E-state index in [0.717, 1.165) is 6.42 Å². The second-order valence-electron chi connectivity index (χ2n) is 5.64. The van der Waals surface area contributed by atoms with Gasteiger partial charge >= 0.3 is 0 Å². The average Bonchev–Trinajstić information content (AvgIpc) is 2.81. The van der Waals surface area contributed by atoms with Gasteiger partial charge in [-0.3, -0.25) is 0 Å². The van der Waals surface area contributed by atoms with E-state index in [2.05, 4.69) is 49.4 Å². The van der Waals surface area contributed by atoms with Gasteiger partial charge in [0.2, 0.25) is 0 Å². The van der Waals surface area contributed by atoms with Crippen LogP contribution in [0.15, 0.2) is 42.5 Å². The highest BCUT2D eigenvalue weighted by Gasteiger charge is 2.17. The molecule has 0 saturated carbocycles. The maximum atomic E-state index is 2.43. The van der Waals surface area contributed by atoms with Crippen LogP contribution in [0.5, 0.6) is 0 Å². The van der Waals surface area contributed by atoms with Gasteiger partial charge in [0, 0.05) is 0 Å². The quantitative estimate of drug-likeness (QED) is 0.533. The standard InChI is InChI=1S/C19H22/c1-2-3-4-5-8-15-11-12-19-17(13-15)14-16-9-6-7-10-18(16)19/h6-7,9-13H,2-5,8,14H2,1H3. The molecule has 19 heavy (non-hydrogen) atoms. The first-order valence-corrected chi connectivity index (χ1v) is 7.58. The Bertz CT molecular complexity index is 566. The molecule has 0 amide bonds. The molecule has 0 bridgehead atoms. The third-order valence-corrected chi connectivity index (χ3v) is 4.18. The highest BCUT2D eigenvalue weighted by atomic mass is 14.2. The lowest BCUT2D eigenvalue weighted by Crippen LogP contribution is -1.89. The Morgan fingerprint density at radius 2 is 1.68 bits per heavy atom. The summed E-state index contributed by atoms with van der Waals surface area (Å²) in [5, 5.41) is 0. The van der Waals surface area contributed by atoms with Gasteiger partial charge in [0.05, 0.1) is 0 Å². The molecule has 0 unspecified atom stereocenters. The molecule has 0 heteroatoms. The minimum atomic E-state index is 1.12. The van der Waals surface area contributed by atoms with E-state index >= 15 is 0 Å². The third kappa shape index (κ3) is 2.58. The first-order chi connectivity index (χ1) is 9.38. The Labute approximate surface area is 116 Å². The summed E-state index contributed by atoms with van der Waals surface area (Å²) in [7, 11) is 0. The monoisotopic (exact) mass is 250 g/mol. The van der Waals surface area contributed by atoms with Crippen molar-refractivity contribution in [3.05, 3.63) is 59.2 Å². The van der Waals surface area contributed by atoms with E-state index in [1.165, 1.54) is 59.9 Å².